The molecule has 7 heteroatoms. The molecule has 104 valence electrons. The van der Waals surface area contributed by atoms with Gasteiger partial charge in [-0.25, -0.2) is 4.79 Å². The molecule has 0 aromatic rings. The van der Waals surface area contributed by atoms with Gasteiger partial charge in [-0.15, -0.1) is 0 Å². The van der Waals surface area contributed by atoms with Gasteiger partial charge in [0.25, 0.3) is 0 Å². The standard InChI is InChI=1S/C12H15NO5S/c1-5(14)7-10(15)13-8(12(16)17)9(19-11(7)13)6-3-2-4-18-6/h5-7,11,14H,2-4H2,1H3,(H,16,17)/t5-,6-,7?,11-/m1/s1. The zero-order chi connectivity index (χ0) is 13.7. The second-order valence-corrected chi connectivity index (χ2v) is 6.16. The van der Waals surface area contributed by atoms with Gasteiger partial charge in [0.15, 0.2) is 0 Å². The molecule has 19 heavy (non-hydrogen) atoms. The van der Waals surface area contributed by atoms with Gasteiger partial charge in [0, 0.05) is 11.5 Å². The second-order valence-electron chi connectivity index (χ2n) is 5.00. The minimum absolute atomic E-state index is 0.0452. The minimum atomic E-state index is -1.10. The largest absolute Gasteiger partial charge is 0.477 e. The van der Waals surface area contributed by atoms with Gasteiger partial charge in [0.05, 0.1) is 18.1 Å². The minimum Gasteiger partial charge on any atom is -0.477 e. The van der Waals surface area contributed by atoms with Crippen LogP contribution in [0.25, 0.3) is 0 Å². The average molecular weight is 285 g/mol. The smallest absolute Gasteiger partial charge is 0.353 e. The third kappa shape index (κ3) is 1.79. The van der Waals surface area contributed by atoms with Crippen LogP contribution < -0.4 is 0 Å². The third-order valence-corrected chi connectivity index (χ3v) is 5.21. The van der Waals surface area contributed by atoms with Crippen LogP contribution in [0.5, 0.6) is 0 Å². The first-order valence-electron chi connectivity index (χ1n) is 6.29. The van der Waals surface area contributed by atoms with E-state index in [0.29, 0.717) is 11.5 Å². The molecule has 4 atom stereocenters. The Labute approximate surface area is 114 Å². The van der Waals surface area contributed by atoms with Crippen LogP contribution in [-0.4, -0.2) is 51.2 Å². The normalized spacial score (nSPS) is 35.4. The van der Waals surface area contributed by atoms with E-state index in [4.69, 9.17) is 4.74 Å². The van der Waals surface area contributed by atoms with Gasteiger partial charge in [-0.2, -0.15) is 0 Å². The fourth-order valence-electron chi connectivity index (χ4n) is 2.82. The zero-order valence-corrected chi connectivity index (χ0v) is 11.2. The molecule has 0 aromatic carbocycles. The van der Waals surface area contributed by atoms with Crippen molar-refractivity contribution in [3.8, 4) is 0 Å². The molecule has 0 radical (unpaired) electrons. The molecule has 2 saturated heterocycles. The van der Waals surface area contributed by atoms with Crippen LogP contribution in [0.15, 0.2) is 10.6 Å². The molecule has 0 aliphatic carbocycles. The SMILES string of the molecule is C[C@@H](O)C1C(=O)N2C(C(=O)O)=C([C@H]3CCCO3)S[C@H]12. The Morgan fingerprint density at radius 2 is 2.32 bits per heavy atom. The first-order chi connectivity index (χ1) is 9.02. The van der Waals surface area contributed by atoms with E-state index in [0.717, 1.165) is 12.8 Å². The van der Waals surface area contributed by atoms with Crippen molar-refractivity contribution >= 4 is 23.6 Å². The molecule has 0 spiro atoms. The van der Waals surface area contributed by atoms with Gasteiger partial charge in [-0.05, 0) is 19.8 Å². The summed E-state index contributed by atoms with van der Waals surface area (Å²) in [4.78, 5) is 25.3. The van der Waals surface area contributed by atoms with Crippen molar-refractivity contribution in [2.24, 2.45) is 5.92 Å². The van der Waals surface area contributed by atoms with Crippen LogP contribution in [0.1, 0.15) is 19.8 Å². The van der Waals surface area contributed by atoms with Gasteiger partial charge < -0.3 is 14.9 Å². The van der Waals surface area contributed by atoms with Crippen LogP contribution in [0, 0.1) is 5.92 Å². The molecule has 1 amide bonds. The van der Waals surface area contributed by atoms with E-state index in [1.807, 2.05) is 0 Å². The fourth-order valence-corrected chi connectivity index (χ4v) is 4.52. The van der Waals surface area contributed by atoms with Crippen molar-refractivity contribution < 1.29 is 24.5 Å². The number of aliphatic hydroxyl groups excluding tert-OH is 1. The van der Waals surface area contributed by atoms with Crippen molar-refractivity contribution in [2.45, 2.75) is 37.3 Å². The summed E-state index contributed by atoms with van der Waals surface area (Å²) < 4.78 is 5.53. The van der Waals surface area contributed by atoms with Crippen molar-refractivity contribution in [3.05, 3.63) is 10.6 Å². The van der Waals surface area contributed by atoms with E-state index in [9.17, 15) is 19.8 Å². The molecule has 3 aliphatic heterocycles. The Morgan fingerprint density at radius 3 is 2.84 bits per heavy atom. The molecular formula is C12H15NO5S. The molecule has 0 aromatic heterocycles. The Kier molecular flexibility index (Phi) is 3.07. The zero-order valence-electron chi connectivity index (χ0n) is 10.4. The van der Waals surface area contributed by atoms with Crippen LogP contribution in [0.2, 0.25) is 0 Å². The molecule has 1 unspecified atom stereocenters. The number of thioether (sulfide) groups is 1. The number of aliphatic carboxylic acids is 1. The van der Waals surface area contributed by atoms with Crippen LogP contribution in [-0.2, 0) is 14.3 Å². The van der Waals surface area contributed by atoms with Gasteiger partial charge in [-0.3, -0.25) is 9.69 Å². The number of amides is 1. The summed E-state index contributed by atoms with van der Waals surface area (Å²) in [6, 6.07) is 0. The van der Waals surface area contributed by atoms with E-state index in [1.165, 1.54) is 16.7 Å². The average Bonchev–Trinajstić information content (AvgIpc) is 2.92. The monoisotopic (exact) mass is 285 g/mol. The summed E-state index contributed by atoms with van der Waals surface area (Å²) in [5, 5.41) is 18.6. The lowest BCUT2D eigenvalue weighted by Crippen LogP contribution is -2.60. The molecule has 2 fully saturated rings. The van der Waals surface area contributed by atoms with E-state index >= 15 is 0 Å². The maximum Gasteiger partial charge on any atom is 0.353 e. The molecular weight excluding hydrogens is 270 g/mol. The molecule has 0 saturated carbocycles. The highest BCUT2D eigenvalue weighted by Crippen LogP contribution is 2.52. The molecule has 3 aliphatic rings. The number of aliphatic hydroxyl groups is 1. The number of hydrogen-bond acceptors (Lipinski definition) is 5. The topological polar surface area (TPSA) is 87.1 Å². The number of carbonyl (C=O) groups excluding carboxylic acids is 1. The molecule has 3 heterocycles. The van der Waals surface area contributed by atoms with Crippen molar-refractivity contribution in [2.75, 3.05) is 6.61 Å². The summed E-state index contributed by atoms with van der Waals surface area (Å²) in [5.74, 6) is -1.92. The summed E-state index contributed by atoms with van der Waals surface area (Å²) in [6.45, 7) is 2.19. The number of nitrogens with zero attached hydrogens (tertiary/aromatic N) is 1. The first-order valence-corrected chi connectivity index (χ1v) is 7.17. The molecule has 3 rings (SSSR count). The lowest BCUT2D eigenvalue weighted by Gasteiger charge is -2.43. The highest BCUT2D eigenvalue weighted by atomic mass is 32.2. The molecule has 6 nitrogen and oxygen atoms in total. The highest BCUT2D eigenvalue weighted by molar-refractivity contribution is 8.04. The number of carbonyl (C=O) groups is 2. The maximum absolute atomic E-state index is 12.0. The van der Waals surface area contributed by atoms with E-state index in [2.05, 4.69) is 0 Å². The van der Waals surface area contributed by atoms with E-state index < -0.39 is 18.0 Å². The van der Waals surface area contributed by atoms with Crippen molar-refractivity contribution in [1.29, 1.82) is 0 Å². The number of ether oxygens (including phenoxy) is 1. The Balaban J connectivity index is 1.91. The van der Waals surface area contributed by atoms with E-state index in [-0.39, 0.29) is 23.1 Å². The number of carboxylic acid groups (broad SMARTS) is 1. The quantitative estimate of drug-likeness (QED) is 0.729. The summed E-state index contributed by atoms with van der Waals surface area (Å²) in [6.07, 6.45) is 0.706. The summed E-state index contributed by atoms with van der Waals surface area (Å²) in [7, 11) is 0. The number of hydrogen-bond donors (Lipinski definition) is 2. The molecule has 2 N–H and O–H groups in total. The van der Waals surface area contributed by atoms with Crippen molar-refractivity contribution in [3.63, 3.8) is 0 Å². The molecule has 0 bridgehead atoms. The highest BCUT2D eigenvalue weighted by Gasteiger charge is 2.58. The third-order valence-electron chi connectivity index (χ3n) is 3.75. The number of rotatable bonds is 3. The van der Waals surface area contributed by atoms with Gasteiger partial charge >= 0.3 is 5.97 Å². The van der Waals surface area contributed by atoms with Crippen LogP contribution >= 0.6 is 11.8 Å². The van der Waals surface area contributed by atoms with Crippen molar-refractivity contribution in [1.82, 2.24) is 4.90 Å². The van der Waals surface area contributed by atoms with E-state index in [1.54, 1.807) is 6.92 Å². The van der Waals surface area contributed by atoms with Gasteiger partial charge in [0.2, 0.25) is 5.91 Å². The Hall–Kier alpha value is -1.05. The van der Waals surface area contributed by atoms with Gasteiger partial charge in [-0.1, -0.05) is 11.8 Å². The fraction of sp³-hybridized carbons (Fsp3) is 0.667. The summed E-state index contributed by atoms with van der Waals surface area (Å²) in [5.41, 5.74) is 0.0452. The lowest BCUT2D eigenvalue weighted by atomic mass is 9.92. The number of β-lactam (4-membered cyclic amide) rings is 1. The lowest BCUT2D eigenvalue weighted by molar-refractivity contribution is -0.156. The maximum atomic E-state index is 12.0. The predicted octanol–water partition coefficient (Wildman–Crippen LogP) is 0.374. The number of carboxylic acids is 1. The second kappa shape index (κ2) is 4.50. The Bertz CT molecular complexity index is 469. The van der Waals surface area contributed by atoms with Crippen LogP contribution in [0.4, 0.5) is 0 Å². The van der Waals surface area contributed by atoms with Gasteiger partial charge in [0.1, 0.15) is 11.1 Å². The van der Waals surface area contributed by atoms with Crippen LogP contribution in [0.3, 0.4) is 0 Å². The summed E-state index contributed by atoms with van der Waals surface area (Å²) >= 11 is 1.35. The predicted molar refractivity (Wildman–Crippen MR) is 67.0 cm³/mol. The first kappa shape index (κ1) is 13.0. The number of fused-ring (bicyclic) bond motifs is 1. The Morgan fingerprint density at radius 1 is 1.58 bits per heavy atom.